The van der Waals surface area contributed by atoms with Gasteiger partial charge in [-0.1, -0.05) is 13.3 Å². The second kappa shape index (κ2) is 9.91. The number of piperazine rings is 1. The summed E-state index contributed by atoms with van der Waals surface area (Å²) in [7, 11) is 3.49. The van der Waals surface area contributed by atoms with Crippen molar-refractivity contribution in [2.45, 2.75) is 32.2 Å². The monoisotopic (exact) mass is 538 g/mol. The fourth-order valence-electron chi connectivity index (χ4n) is 3.33. The van der Waals surface area contributed by atoms with Gasteiger partial charge >= 0.3 is 0 Å². The van der Waals surface area contributed by atoms with Crippen LogP contribution >= 0.6 is 39.9 Å². The Morgan fingerprint density at radius 1 is 1.38 bits per heavy atom. The molecular weight excluding hydrogens is 511 g/mol. The van der Waals surface area contributed by atoms with Gasteiger partial charge in [0, 0.05) is 39.3 Å². The lowest BCUT2D eigenvalue weighted by Gasteiger charge is -2.36. The Bertz CT molecular complexity index is 623. The number of aliphatic imine (C=N–C) groups is 1. The van der Waals surface area contributed by atoms with Crippen LogP contribution in [0.3, 0.4) is 0 Å². The molecule has 0 bridgehead atoms. The van der Waals surface area contributed by atoms with Crippen molar-refractivity contribution in [1.29, 1.82) is 0 Å². The van der Waals surface area contributed by atoms with Gasteiger partial charge in [-0.3, -0.25) is 4.99 Å². The molecule has 0 aromatic carbocycles. The summed E-state index contributed by atoms with van der Waals surface area (Å²) < 4.78 is 6.04. The van der Waals surface area contributed by atoms with Crippen molar-refractivity contribution >= 4 is 51.8 Å². The first kappa shape index (κ1) is 21.5. The molecule has 2 heterocycles. The zero-order valence-electron chi connectivity index (χ0n) is 15.6. The number of nitrogens with one attached hydrogen (secondary N) is 1. The van der Waals surface area contributed by atoms with Crippen molar-refractivity contribution in [3.8, 4) is 5.88 Å². The van der Waals surface area contributed by atoms with Crippen molar-refractivity contribution in [3.63, 3.8) is 0 Å². The quantitative estimate of drug-likeness (QED) is 0.353. The number of rotatable bonds is 5. The van der Waals surface area contributed by atoms with E-state index in [1.165, 1.54) is 19.3 Å². The molecule has 1 aromatic rings. The Kier molecular flexibility index (Phi) is 8.18. The number of aromatic nitrogens is 2. The van der Waals surface area contributed by atoms with Crippen molar-refractivity contribution in [1.82, 2.24) is 20.2 Å². The van der Waals surface area contributed by atoms with Crippen LogP contribution in [0.1, 0.15) is 26.2 Å². The van der Waals surface area contributed by atoms with E-state index in [9.17, 15) is 0 Å². The summed E-state index contributed by atoms with van der Waals surface area (Å²) in [5.41, 5.74) is 0. The molecule has 2 aliphatic rings. The molecule has 3 rings (SSSR count). The summed E-state index contributed by atoms with van der Waals surface area (Å²) in [6.45, 7) is 5.81. The maximum Gasteiger partial charge on any atom is 0.232 e. The first-order valence-electron chi connectivity index (χ1n) is 8.96. The predicted octanol–water partition coefficient (Wildman–Crippen LogP) is 2.75. The standard InChI is InChI=1S/C17H27BrN6O.HI/c1-4-5-12-10-14(12)21-16(19-2)23-6-8-24(9-7-23)17-20-11-13(18)15(22-17)25-3;/h11-12,14H,4-10H2,1-3H3,(H,19,21);1H. The smallest absolute Gasteiger partial charge is 0.232 e. The van der Waals surface area contributed by atoms with Crippen LogP contribution in [0.5, 0.6) is 5.88 Å². The summed E-state index contributed by atoms with van der Waals surface area (Å²) in [4.78, 5) is 17.9. The van der Waals surface area contributed by atoms with Gasteiger partial charge < -0.3 is 19.9 Å². The van der Waals surface area contributed by atoms with E-state index in [1.807, 2.05) is 7.05 Å². The van der Waals surface area contributed by atoms with Crippen LogP contribution in [0.25, 0.3) is 0 Å². The van der Waals surface area contributed by atoms with Gasteiger partial charge in [0.05, 0.1) is 17.8 Å². The number of halogens is 2. The highest BCUT2D eigenvalue weighted by atomic mass is 127. The molecule has 2 atom stereocenters. The third-order valence-corrected chi connectivity index (χ3v) is 5.41. The summed E-state index contributed by atoms with van der Waals surface area (Å²) in [5, 5.41) is 3.63. The van der Waals surface area contributed by atoms with Gasteiger partial charge in [0.2, 0.25) is 11.8 Å². The van der Waals surface area contributed by atoms with Crippen LogP contribution < -0.4 is 15.0 Å². The number of ether oxygens (including phenoxy) is 1. The van der Waals surface area contributed by atoms with E-state index < -0.39 is 0 Å². The van der Waals surface area contributed by atoms with Crippen LogP contribution in [0, 0.1) is 5.92 Å². The van der Waals surface area contributed by atoms with Crippen molar-refractivity contribution < 1.29 is 4.74 Å². The summed E-state index contributed by atoms with van der Waals surface area (Å²) in [6.07, 6.45) is 5.59. The maximum atomic E-state index is 5.27. The van der Waals surface area contributed by atoms with E-state index in [0.29, 0.717) is 17.9 Å². The van der Waals surface area contributed by atoms with Gasteiger partial charge in [0.1, 0.15) is 0 Å². The van der Waals surface area contributed by atoms with Crippen LogP contribution in [0.4, 0.5) is 5.95 Å². The molecule has 7 nitrogen and oxygen atoms in total. The van der Waals surface area contributed by atoms with Gasteiger partial charge in [-0.25, -0.2) is 4.98 Å². The molecule has 26 heavy (non-hydrogen) atoms. The van der Waals surface area contributed by atoms with Crippen molar-refractivity contribution in [2.75, 3.05) is 45.2 Å². The lowest BCUT2D eigenvalue weighted by molar-refractivity contribution is 0.365. The van der Waals surface area contributed by atoms with E-state index in [1.54, 1.807) is 13.3 Å². The molecule has 2 fully saturated rings. The summed E-state index contributed by atoms with van der Waals surface area (Å²) >= 11 is 3.40. The zero-order valence-corrected chi connectivity index (χ0v) is 19.5. The van der Waals surface area contributed by atoms with Gasteiger partial charge in [0.25, 0.3) is 0 Å². The molecule has 1 aliphatic carbocycles. The first-order chi connectivity index (χ1) is 12.2. The average Bonchev–Trinajstić information content (AvgIpc) is 3.38. The van der Waals surface area contributed by atoms with E-state index in [4.69, 9.17) is 4.74 Å². The number of guanidine groups is 1. The topological polar surface area (TPSA) is 65.9 Å². The second-order valence-corrected chi connectivity index (χ2v) is 7.44. The Hall–Kier alpha value is -0.840. The highest BCUT2D eigenvalue weighted by molar-refractivity contribution is 14.0. The average molecular weight is 539 g/mol. The first-order valence-corrected chi connectivity index (χ1v) is 9.75. The molecule has 1 aliphatic heterocycles. The minimum atomic E-state index is 0. The minimum Gasteiger partial charge on any atom is -0.480 e. The third-order valence-electron chi connectivity index (χ3n) is 4.86. The number of nitrogens with zero attached hydrogens (tertiary/aromatic N) is 5. The molecule has 9 heteroatoms. The normalized spacial score (nSPS) is 22.7. The molecule has 0 radical (unpaired) electrons. The van der Waals surface area contributed by atoms with E-state index >= 15 is 0 Å². The molecule has 2 unspecified atom stereocenters. The lowest BCUT2D eigenvalue weighted by atomic mass is 10.2. The van der Waals surface area contributed by atoms with E-state index in [-0.39, 0.29) is 24.0 Å². The third kappa shape index (κ3) is 5.11. The Labute approximate surface area is 181 Å². The molecule has 1 saturated heterocycles. The highest BCUT2D eigenvalue weighted by Gasteiger charge is 2.37. The van der Waals surface area contributed by atoms with Crippen molar-refractivity contribution in [3.05, 3.63) is 10.7 Å². The minimum absolute atomic E-state index is 0. The molecule has 0 spiro atoms. The van der Waals surface area contributed by atoms with E-state index in [0.717, 1.165) is 42.5 Å². The van der Waals surface area contributed by atoms with Gasteiger partial charge in [-0.05, 0) is 34.7 Å². The van der Waals surface area contributed by atoms with Crippen LogP contribution in [0.2, 0.25) is 0 Å². The van der Waals surface area contributed by atoms with Crippen LogP contribution in [-0.2, 0) is 0 Å². The van der Waals surface area contributed by atoms with Gasteiger partial charge in [-0.15, -0.1) is 24.0 Å². The molecule has 1 N–H and O–H groups in total. The van der Waals surface area contributed by atoms with Crippen LogP contribution in [0.15, 0.2) is 15.7 Å². The fourth-order valence-corrected chi connectivity index (χ4v) is 3.69. The zero-order chi connectivity index (χ0) is 17.8. The van der Waals surface area contributed by atoms with Gasteiger partial charge in [-0.2, -0.15) is 4.98 Å². The molecule has 1 aromatic heterocycles. The fraction of sp³-hybridized carbons (Fsp3) is 0.706. The van der Waals surface area contributed by atoms with E-state index in [2.05, 4.69) is 52.9 Å². The predicted molar refractivity (Wildman–Crippen MR) is 119 cm³/mol. The summed E-state index contributed by atoms with van der Waals surface area (Å²) in [6, 6.07) is 0.607. The number of anilines is 1. The van der Waals surface area contributed by atoms with Crippen LogP contribution in [-0.4, -0.2) is 67.2 Å². The summed E-state index contributed by atoms with van der Waals surface area (Å²) in [5.74, 6) is 3.14. The molecular formula is C17H28BrIN6O. The maximum absolute atomic E-state index is 5.27. The highest BCUT2D eigenvalue weighted by Crippen LogP contribution is 2.34. The number of methoxy groups -OCH3 is 1. The second-order valence-electron chi connectivity index (χ2n) is 6.58. The number of hydrogen-bond acceptors (Lipinski definition) is 5. The molecule has 146 valence electrons. The largest absolute Gasteiger partial charge is 0.480 e. The Balaban J connectivity index is 0.00000243. The number of hydrogen-bond donors (Lipinski definition) is 1. The Morgan fingerprint density at radius 2 is 2.12 bits per heavy atom. The SMILES string of the molecule is CCCC1CC1NC(=NC)N1CCN(c2ncc(Br)c(OC)n2)CC1.I. The van der Waals surface area contributed by atoms with Gasteiger partial charge in [0.15, 0.2) is 5.96 Å². The molecule has 1 saturated carbocycles. The van der Waals surface area contributed by atoms with Crippen molar-refractivity contribution in [2.24, 2.45) is 10.9 Å². The molecule has 0 amide bonds. The lowest BCUT2D eigenvalue weighted by Crippen LogP contribution is -2.53. The Morgan fingerprint density at radius 3 is 2.73 bits per heavy atom.